The summed E-state index contributed by atoms with van der Waals surface area (Å²) < 4.78 is 22.8. The van der Waals surface area contributed by atoms with Crippen LogP contribution >= 0.6 is 0 Å². The molecule has 9 N–H and O–H groups in total. The first-order chi connectivity index (χ1) is 35.1. The number of aliphatic hydroxyl groups is 8. The minimum absolute atomic E-state index is 0.213. The van der Waals surface area contributed by atoms with Crippen molar-refractivity contribution in [2.45, 2.75) is 331 Å². The van der Waals surface area contributed by atoms with Gasteiger partial charge in [0.25, 0.3) is 0 Å². The molecule has 2 heterocycles. The summed E-state index contributed by atoms with van der Waals surface area (Å²) in [6.45, 7) is 2.86. The zero-order valence-corrected chi connectivity index (χ0v) is 45.7. The number of carbonyl (C=O) groups is 1. The van der Waals surface area contributed by atoms with Gasteiger partial charge in [0.15, 0.2) is 12.6 Å². The van der Waals surface area contributed by atoms with Gasteiger partial charge in [0.05, 0.1) is 32.0 Å². The van der Waals surface area contributed by atoms with E-state index in [9.17, 15) is 45.6 Å². The van der Waals surface area contributed by atoms with Crippen molar-refractivity contribution in [3.8, 4) is 0 Å². The van der Waals surface area contributed by atoms with E-state index in [1.807, 2.05) is 0 Å². The number of carbonyl (C=O) groups excluding carboxylic acids is 1. The van der Waals surface area contributed by atoms with Crippen LogP contribution in [0.2, 0.25) is 0 Å². The molecule has 426 valence electrons. The number of hydrogen-bond acceptors (Lipinski definition) is 13. The number of aliphatic hydroxyl groups excluding tert-OH is 8. The first-order valence-corrected chi connectivity index (χ1v) is 29.9. The highest BCUT2D eigenvalue weighted by Crippen LogP contribution is 2.30. The average Bonchev–Trinajstić information content (AvgIpc) is 3.38. The molecule has 0 aliphatic carbocycles. The maximum absolute atomic E-state index is 13.2. The van der Waals surface area contributed by atoms with E-state index in [1.54, 1.807) is 0 Å². The van der Waals surface area contributed by atoms with Crippen LogP contribution in [0.4, 0.5) is 0 Å². The summed E-state index contributed by atoms with van der Waals surface area (Å²) in [6.07, 6.45) is 33.6. The standard InChI is InChI=1S/C58H111NO13/c1-3-5-7-9-11-13-15-17-18-19-20-21-22-23-24-25-26-27-28-30-31-33-35-37-39-41-47(62)46(59-50(63)42-40-38-36-34-32-29-16-14-12-10-8-6-4-2)45-69-57-55(68)53(66)56(49(44-61)71-57)72-58-54(67)52(65)51(64)48(43-60)70-58/h14,16,46-49,51-58,60-62,64-68H,3-13,15,17-45H2,1-2H3,(H,59,63)/b16-14-. The van der Waals surface area contributed by atoms with Gasteiger partial charge >= 0.3 is 0 Å². The molecule has 2 rings (SSSR count). The molecule has 14 heteroatoms. The lowest BCUT2D eigenvalue weighted by Crippen LogP contribution is -2.65. The number of rotatable bonds is 48. The predicted molar refractivity (Wildman–Crippen MR) is 286 cm³/mol. The molecule has 0 spiro atoms. The largest absolute Gasteiger partial charge is 0.394 e. The number of nitrogens with one attached hydrogen (secondary N) is 1. The van der Waals surface area contributed by atoms with E-state index in [0.29, 0.717) is 19.3 Å². The van der Waals surface area contributed by atoms with Crippen LogP contribution in [-0.2, 0) is 23.7 Å². The molecule has 0 bridgehead atoms. The highest BCUT2D eigenvalue weighted by Gasteiger charge is 2.51. The van der Waals surface area contributed by atoms with Crippen LogP contribution in [0.1, 0.15) is 258 Å². The van der Waals surface area contributed by atoms with Gasteiger partial charge in [0.1, 0.15) is 48.8 Å². The Balaban J connectivity index is 1.71. The van der Waals surface area contributed by atoms with Gasteiger partial charge in [0, 0.05) is 6.42 Å². The van der Waals surface area contributed by atoms with Crippen LogP contribution in [-0.4, -0.2) is 140 Å². The molecule has 2 aliphatic heterocycles. The zero-order valence-electron chi connectivity index (χ0n) is 45.7. The maximum atomic E-state index is 13.2. The Hall–Kier alpha value is -1.27. The van der Waals surface area contributed by atoms with Crippen LogP contribution in [0.3, 0.4) is 0 Å². The van der Waals surface area contributed by atoms with E-state index in [0.717, 1.165) is 64.2 Å². The number of amides is 1. The summed E-state index contributed by atoms with van der Waals surface area (Å²) in [5.41, 5.74) is 0. The highest BCUT2D eigenvalue weighted by molar-refractivity contribution is 5.76. The SMILES string of the molecule is CCCCCC/C=C\CCCCCCCC(=O)NC(COC1OC(CO)C(OC2OC(CO)C(O)C(O)C2O)C(O)C1O)C(O)CCCCCCCCCCCCCCCCCCCCCCCCCCC. The van der Waals surface area contributed by atoms with Crippen molar-refractivity contribution in [3.05, 3.63) is 12.2 Å². The molecule has 2 fully saturated rings. The molecule has 0 saturated carbocycles. The van der Waals surface area contributed by atoms with Gasteiger partial charge in [-0.25, -0.2) is 0 Å². The summed E-state index contributed by atoms with van der Waals surface area (Å²) in [5, 5.41) is 87.2. The van der Waals surface area contributed by atoms with Crippen LogP contribution in [0.15, 0.2) is 12.2 Å². The van der Waals surface area contributed by atoms with E-state index >= 15 is 0 Å². The fraction of sp³-hybridized carbons (Fsp3) is 0.948. The third-order valence-corrected chi connectivity index (χ3v) is 15.0. The van der Waals surface area contributed by atoms with Crippen molar-refractivity contribution in [2.24, 2.45) is 0 Å². The molecule has 72 heavy (non-hydrogen) atoms. The van der Waals surface area contributed by atoms with Crippen molar-refractivity contribution >= 4 is 5.91 Å². The number of allylic oxidation sites excluding steroid dienone is 2. The molecule has 2 saturated heterocycles. The number of hydrogen-bond donors (Lipinski definition) is 9. The summed E-state index contributed by atoms with van der Waals surface area (Å²) in [6, 6.07) is -0.829. The van der Waals surface area contributed by atoms with E-state index in [2.05, 4.69) is 31.3 Å². The molecule has 12 atom stereocenters. The van der Waals surface area contributed by atoms with E-state index in [1.165, 1.54) is 161 Å². The van der Waals surface area contributed by atoms with Gasteiger partial charge in [-0.2, -0.15) is 0 Å². The zero-order chi connectivity index (χ0) is 52.4. The third-order valence-electron chi connectivity index (χ3n) is 15.0. The monoisotopic (exact) mass is 1030 g/mol. The van der Waals surface area contributed by atoms with Crippen molar-refractivity contribution in [3.63, 3.8) is 0 Å². The Morgan fingerprint density at radius 2 is 0.875 bits per heavy atom. The van der Waals surface area contributed by atoms with Gasteiger partial charge in [0.2, 0.25) is 5.91 Å². The predicted octanol–water partition coefficient (Wildman–Crippen LogP) is 9.89. The first kappa shape index (κ1) is 66.8. The molecule has 0 aromatic carbocycles. The number of unbranched alkanes of at least 4 members (excludes halogenated alkanes) is 33. The van der Waals surface area contributed by atoms with Crippen LogP contribution in [0.5, 0.6) is 0 Å². The maximum Gasteiger partial charge on any atom is 0.220 e. The summed E-state index contributed by atoms with van der Waals surface area (Å²) in [5.74, 6) is -0.213. The number of ether oxygens (including phenoxy) is 4. The van der Waals surface area contributed by atoms with Crippen molar-refractivity contribution in [1.29, 1.82) is 0 Å². The Kier molecular flexibility index (Phi) is 41.6. The molecule has 1 amide bonds. The van der Waals surface area contributed by atoms with Gasteiger partial charge < -0.3 is 65.1 Å². The molecule has 12 unspecified atom stereocenters. The molecule has 14 nitrogen and oxygen atoms in total. The summed E-state index contributed by atoms with van der Waals surface area (Å²) in [7, 11) is 0. The highest BCUT2D eigenvalue weighted by atomic mass is 16.7. The minimum atomic E-state index is -1.78. The fourth-order valence-electron chi connectivity index (χ4n) is 10.1. The van der Waals surface area contributed by atoms with Crippen LogP contribution < -0.4 is 5.32 Å². The fourth-order valence-corrected chi connectivity index (χ4v) is 10.1. The topological polar surface area (TPSA) is 228 Å². The molecular formula is C58H111NO13. The first-order valence-electron chi connectivity index (χ1n) is 29.9. The summed E-state index contributed by atoms with van der Waals surface area (Å²) in [4.78, 5) is 13.2. The van der Waals surface area contributed by atoms with E-state index < -0.39 is 86.8 Å². The lowest BCUT2D eigenvalue weighted by molar-refractivity contribution is -0.359. The van der Waals surface area contributed by atoms with Crippen LogP contribution in [0, 0.1) is 0 Å². The van der Waals surface area contributed by atoms with Crippen molar-refractivity contribution in [2.75, 3.05) is 19.8 Å². The summed E-state index contributed by atoms with van der Waals surface area (Å²) >= 11 is 0. The normalized spacial score (nSPS) is 25.6. The Morgan fingerprint density at radius 1 is 0.486 bits per heavy atom. The van der Waals surface area contributed by atoms with Gasteiger partial charge in [-0.15, -0.1) is 0 Å². The third kappa shape index (κ3) is 30.5. The quantitative estimate of drug-likeness (QED) is 0.0205. The second-order valence-corrected chi connectivity index (χ2v) is 21.5. The molecule has 0 radical (unpaired) electrons. The second-order valence-electron chi connectivity index (χ2n) is 21.5. The van der Waals surface area contributed by atoms with Gasteiger partial charge in [-0.05, 0) is 38.5 Å². The van der Waals surface area contributed by atoms with Crippen LogP contribution in [0.25, 0.3) is 0 Å². The second kappa shape index (κ2) is 44.8. The average molecular weight is 1030 g/mol. The van der Waals surface area contributed by atoms with Crippen molar-refractivity contribution in [1.82, 2.24) is 5.32 Å². The van der Waals surface area contributed by atoms with Gasteiger partial charge in [-0.1, -0.05) is 225 Å². The van der Waals surface area contributed by atoms with Crippen molar-refractivity contribution < 1.29 is 64.6 Å². The Bertz CT molecular complexity index is 1260. The molecule has 2 aliphatic rings. The van der Waals surface area contributed by atoms with E-state index in [-0.39, 0.29) is 12.5 Å². The molecule has 0 aromatic rings. The Labute approximate surface area is 437 Å². The lowest BCUT2D eigenvalue weighted by Gasteiger charge is -2.46. The minimum Gasteiger partial charge on any atom is -0.394 e. The lowest BCUT2D eigenvalue weighted by atomic mass is 9.97. The smallest absolute Gasteiger partial charge is 0.220 e. The Morgan fingerprint density at radius 3 is 1.33 bits per heavy atom. The molecule has 0 aromatic heterocycles. The van der Waals surface area contributed by atoms with E-state index in [4.69, 9.17) is 18.9 Å². The molecular weight excluding hydrogens is 919 g/mol. The van der Waals surface area contributed by atoms with Gasteiger partial charge in [-0.3, -0.25) is 4.79 Å².